The van der Waals surface area contributed by atoms with Gasteiger partial charge in [-0.3, -0.25) is 34.6 Å². The van der Waals surface area contributed by atoms with Crippen molar-refractivity contribution < 1.29 is 33.7 Å². The molecular formula is C34H30N6O9. The average Bonchev–Trinajstić information content (AvgIpc) is 3.11. The van der Waals surface area contributed by atoms with Gasteiger partial charge < -0.3 is 30.3 Å². The van der Waals surface area contributed by atoms with E-state index in [1.807, 2.05) is 19.1 Å². The number of rotatable bonds is 11. The van der Waals surface area contributed by atoms with Gasteiger partial charge in [-0.05, 0) is 73.7 Å². The Balaban J connectivity index is 1.25. The van der Waals surface area contributed by atoms with E-state index in [4.69, 9.17) is 9.47 Å². The summed E-state index contributed by atoms with van der Waals surface area (Å²) in [6.07, 6.45) is 1.73. The molecule has 250 valence electrons. The number of nitro groups is 2. The van der Waals surface area contributed by atoms with Crippen molar-refractivity contribution in [3.8, 4) is 11.5 Å². The molecule has 4 aromatic rings. The van der Waals surface area contributed by atoms with Gasteiger partial charge in [0.25, 0.3) is 29.1 Å². The molecule has 0 spiro atoms. The number of hydrogen-bond donors (Lipinski definition) is 3. The maximum atomic E-state index is 13.5. The number of nitro benzene ring substituents is 2. The predicted molar refractivity (Wildman–Crippen MR) is 180 cm³/mol. The number of nitrogens with one attached hydrogen (secondary N) is 3. The number of non-ortho nitro benzene ring substituents is 1. The van der Waals surface area contributed by atoms with Crippen molar-refractivity contribution in [3.63, 3.8) is 0 Å². The zero-order chi connectivity index (χ0) is 35.1. The molecule has 1 heterocycles. The maximum absolute atomic E-state index is 13.5. The van der Waals surface area contributed by atoms with Crippen LogP contribution in [0.3, 0.4) is 0 Å². The third kappa shape index (κ3) is 7.79. The zero-order valence-electron chi connectivity index (χ0n) is 26.3. The van der Waals surface area contributed by atoms with Crippen LogP contribution in [0, 0.1) is 20.2 Å². The number of nitrogens with zero attached hydrogens (tertiary/aromatic N) is 3. The first-order valence-electron chi connectivity index (χ1n) is 14.9. The molecule has 3 N–H and O–H groups in total. The third-order valence-corrected chi connectivity index (χ3v) is 7.39. The lowest BCUT2D eigenvalue weighted by Gasteiger charge is -2.27. The van der Waals surface area contributed by atoms with Crippen molar-refractivity contribution >= 4 is 46.2 Å². The molecule has 5 rings (SSSR count). The summed E-state index contributed by atoms with van der Waals surface area (Å²) in [6, 6.07) is 20.5. The monoisotopic (exact) mass is 666 g/mol. The van der Waals surface area contributed by atoms with E-state index in [-0.39, 0.29) is 22.7 Å². The highest BCUT2D eigenvalue weighted by atomic mass is 16.6. The number of hydrogen-bond acceptors (Lipinski definition) is 10. The quantitative estimate of drug-likeness (QED) is 0.137. The molecule has 0 unspecified atom stereocenters. The topological polar surface area (TPSA) is 195 Å². The van der Waals surface area contributed by atoms with Crippen molar-refractivity contribution in [2.75, 3.05) is 37.4 Å². The van der Waals surface area contributed by atoms with Gasteiger partial charge in [0.05, 0.1) is 35.3 Å². The van der Waals surface area contributed by atoms with Gasteiger partial charge in [-0.2, -0.15) is 0 Å². The largest absolute Gasteiger partial charge is 0.493 e. The van der Waals surface area contributed by atoms with Crippen LogP contribution < -0.4 is 25.4 Å². The van der Waals surface area contributed by atoms with E-state index >= 15 is 0 Å². The van der Waals surface area contributed by atoms with Gasteiger partial charge in [-0.15, -0.1) is 0 Å². The van der Waals surface area contributed by atoms with Crippen LogP contribution in [0.25, 0.3) is 5.70 Å². The van der Waals surface area contributed by atoms with Crippen molar-refractivity contribution in [3.05, 3.63) is 134 Å². The minimum absolute atomic E-state index is 0.231. The summed E-state index contributed by atoms with van der Waals surface area (Å²) in [5, 5.41) is 30.9. The molecule has 15 nitrogen and oxygen atoms in total. The second-order valence-electron chi connectivity index (χ2n) is 10.5. The molecular weight excluding hydrogens is 636 g/mol. The van der Waals surface area contributed by atoms with Crippen molar-refractivity contribution in [1.82, 2.24) is 10.2 Å². The van der Waals surface area contributed by atoms with E-state index in [9.17, 15) is 34.6 Å². The van der Waals surface area contributed by atoms with Crippen LogP contribution in [0.1, 0.15) is 43.6 Å². The summed E-state index contributed by atoms with van der Waals surface area (Å²) >= 11 is 0. The lowest BCUT2D eigenvalue weighted by Crippen LogP contribution is -2.38. The molecule has 0 atom stereocenters. The summed E-state index contributed by atoms with van der Waals surface area (Å²) in [7, 11) is 1.57. The number of carbonyl (C=O) groups excluding carboxylic acids is 3. The summed E-state index contributed by atoms with van der Waals surface area (Å²) in [5.74, 6) is -0.412. The number of ether oxygens (including phenoxy) is 2. The lowest BCUT2D eigenvalue weighted by molar-refractivity contribution is -0.394. The normalized spacial score (nSPS) is 12.2. The number of methoxy groups -OCH3 is 1. The SMILES string of the molecule is CCOc1cc(C2=CN(C(=O)c3cccc(NC(=O)c4ccc(NC(=O)c5ccc([N+](=O)[O-])cc5[N+](=O)[O-])cc4)c3)CCN2)ccc1OC. The number of amides is 3. The number of benzene rings is 4. The molecule has 1 aliphatic rings. The second kappa shape index (κ2) is 14.8. The minimum atomic E-state index is -0.878. The van der Waals surface area contributed by atoms with Crippen molar-refractivity contribution in [2.24, 2.45) is 0 Å². The molecule has 0 saturated heterocycles. The Hall–Kier alpha value is -6.77. The Morgan fingerprint density at radius 1 is 0.837 bits per heavy atom. The van der Waals surface area contributed by atoms with Crippen molar-refractivity contribution in [2.45, 2.75) is 6.92 Å². The molecule has 0 fully saturated rings. The molecule has 0 aliphatic carbocycles. The highest BCUT2D eigenvalue weighted by molar-refractivity contribution is 6.08. The molecule has 15 heteroatoms. The Labute approximate surface area is 279 Å². The van der Waals surface area contributed by atoms with Crippen LogP contribution in [0.15, 0.2) is 91.1 Å². The third-order valence-electron chi connectivity index (χ3n) is 7.39. The Morgan fingerprint density at radius 2 is 1.59 bits per heavy atom. The Bertz CT molecular complexity index is 1980. The second-order valence-corrected chi connectivity index (χ2v) is 10.5. The smallest absolute Gasteiger partial charge is 0.289 e. The summed E-state index contributed by atoms with van der Waals surface area (Å²) in [5.41, 5.74) is 1.16. The van der Waals surface area contributed by atoms with Crippen molar-refractivity contribution in [1.29, 1.82) is 0 Å². The zero-order valence-corrected chi connectivity index (χ0v) is 26.3. The van der Waals surface area contributed by atoms with E-state index in [1.54, 1.807) is 48.5 Å². The van der Waals surface area contributed by atoms with Crippen LogP contribution in [-0.2, 0) is 0 Å². The van der Waals surface area contributed by atoms with E-state index in [1.165, 1.54) is 24.3 Å². The molecule has 49 heavy (non-hydrogen) atoms. The van der Waals surface area contributed by atoms with Gasteiger partial charge in [0, 0.05) is 53.4 Å². The first-order chi connectivity index (χ1) is 23.6. The molecule has 1 aliphatic heterocycles. The first kappa shape index (κ1) is 33.6. The van der Waals surface area contributed by atoms with Gasteiger partial charge in [0.2, 0.25) is 0 Å². The van der Waals surface area contributed by atoms with E-state index in [0.717, 1.165) is 23.4 Å². The van der Waals surface area contributed by atoms with Gasteiger partial charge >= 0.3 is 0 Å². The summed E-state index contributed by atoms with van der Waals surface area (Å²) in [6.45, 7) is 3.29. The fraction of sp³-hybridized carbons (Fsp3) is 0.147. The van der Waals surface area contributed by atoms with E-state index in [0.29, 0.717) is 48.5 Å². The Kier molecular flexibility index (Phi) is 10.1. The standard InChI is InChI=1S/C34H30N6O9/c1-3-49-31-18-22(9-14-30(31)48-2)28-20-38(16-15-35-28)34(43)23-5-4-6-25(17-23)37-32(41)21-7-10-24(11-8-21)36-33(42)27-13-12-26(39(44)45)19-29(27)40(46)47/h4-14,17-20,35H,3,15-16H2,1-2H3,(H,36,42)(H,37,41). The maximum Gasteiger partial charge on any atom is 0.289 e. The highest BCUT2D eigenvalue weighted by Crippen LogP contribution is 2.31. The summed E-state index contributed by atoms with van der Waals surface area (Å²) < 4.78 is 11.1. The van der Waals surface area contributed by atoms with E-state index in [2.05, 4.69) is 16.0 Å². The van der Waals surface area contributed by atoms with Crippen LogP contribution in [-0.4, -0.2) is 59.3 Å². The first-order valence-corrected chi connectivity index (χ1v) is 14.9. The fourth-order valence-electron chi connectivity index (χ4n) is 5.01. The van der Waals surface area contributed by atoms with Gasteiger partial charge in [-0.25, -0.2) is 0 Å². The number of anilines is 2. The van der Waals surface area contributed by atoms with Gasteiger partial charge in [0.15, 0.2) is 11.5 Å². The molecule has 0 bridgehead atoms. The minimum Gasteiger partial charge on any atom is -0.493 e. The van der Waals surface area contributed by atoms with Crippen LogP contribution >= 0.6 is 0 Å². The molecule has 3 amide bonds. The van der Waals surface area contributed by atoms with Crippen LogP contribution in [0.4, 0.5) is 22.7 Å². The lowest BCUT2D eigenvalue weighted by atomic mass is 10.1. The highest BCUT2D eigenvalue weighted by Gasteiger charge is 2.25. The molecule has 0 radical (unpaired) electrons. The molecule has 4 aromatic carbocycles. The summed E-state index contributed by atoms with van der Waals surface area (Å²) in [4.78, 5) is 61.5. The van der Waals surface area contributed by atoms with E-state index < -0.39 is 33.0 Å². The van der Waals surface area contributed by atoms with Gasteiger partial charge in [0.1, 0.15) is 5.56 Å². The Morgan fingerprint density at radius 3 is 2.29 bits per heavy atom. The van der Waals surface area contributed by atoms with Gasteiger partial charge in [-0.1, -0.05) is 6.07 Å². The molecule has 0 aromatic heterocycles. The van der Waals surface area contributed by atoms with Crippen LogP contribution in [0.2, 0.25) is 0 Å². The molecule has 0 saturated carbocycles. The average molecular weight is 667 g/mol. The fourth-order valence-corrected chi connectivity index (χ4v) is 5.01. The number of carbonyl (C=O) groups is 3. The predicted octanol–water partition coefficient (Wildman–Crippen LogP) is 5.46. The van der Waals surface area contributed by atoms with Crippen LogP contribution in [0.5, 0.6) is 11.5 Å².